The number of carboxylic acids is 1. The van der Waals surface area contributed by atoms with Crippen LogP contribution in [0.1, 0.15) is 90.9 Å². The lowest BCUT2D eigenvalue weighted by atomic mass is 9.82. The Labute approximate surface area is 483 Å². The molecule has 14 N–H and O–H groups in total. The number of fused-ring (bicyclic) bond motifs is 2. The van der Waals surface area contributed by atoms with Crippen molar-refractivity contribution in [3.63, 3.8) is 0 Å². The van der Waals surface area contributed by atoms with E-state index in [9.17, 15) is 80.8 Å². The fourth-order valence-corrected chi connectivity index (χ4v) is 10.3. The maximum atomic E-state index is 13.4. The van der Waals surface area contributed by atoms with Gasteiger partial charge in [0.1, 0.15) is 36.4 Å². The highest BCUT2D eigenvalue weighted by Gasteiger charge is 2.51. The van der Waals surface area contributed by atoms with Crippen LogP contribution in [0.2, 0.25) is 0 Å². The number of aliphatic hydroxyl groups is 12. The average Bonchev–Trinajstić information content (AvgIpc) is 3.63. The first-order valence-electron chi connectivity index (χ1n) is 28.3. The Hall–Kier alpha value is -4.71. The zero-order valence-corrected chi connectivity index (χ0v) is 47.2. The summed E-state index contributed by atoms with van der Waals surface area (Å²) in [7, 11) is 0. The second kappa shape index (κ2) is 33.8. The Morgan fingerprint density at radius 2 is 1.29 bits per heavy atom. The Morgan fingerprint density at radius 1 is 0.675 bits per heavy atom. The summed E-state index contributed by atoms with van der Waals surface area (Å²) < 4.78 is 35.0. The molecule has 4 heterocycles. The number of benzene rings is 1. The first-order chi connectivity index (χ1) is 39.4. The number of carbonyl (C=O) groups excluding carboxylic acids is 2. The topological polar surface area (TPSA) is 382 Å². The highest BCUT2D eigenvalue weighted by Crippen LogP contribution is 2.38. The number of nitrogens with one attached hydrogen (secondary N) is 1. The molecule has 0 saturated carbocycles. The number of hydrogen-bond donors (Lipinski definition) is 14. The normalized spacial score (nSPS) is 42.3. The van der Waals surface area contributed by atoms with Gasteiger partial charge in [-0.3, -0.25) is 14.4 Å². The van der Waals surface area contributed by atoms with Crippen LogP contribution in [0.5, 0.6) is 0 Å². The molecule has 5 rings (SSSR count). The first-order valence-corrected chi connectivity index (χ1v) is 28.3. The van der Waals surface area contributed by atoms with E-state index in [1.807, 2.05) is 6.92 Å². The van der Waals surface area contributed by atoms with E-state index in [1.54, 1.807) is 117 Å². The van der Waals surface area contributed by atoms with Crippen molar-refractivity contribution in [2.45, 2.75) is 201 Å². The van der Waals surface area contributed by atoms with Crippen LogP contribution in [-0.4, -0.2) is 213 Å². The fraction of sp³-hybridized carbons (Fsp3) is 0.617. The zero-order chi connectivity index (χ0) is 61.0. The van der Waals surface area contributed by atoms with Crippen molar-refractivity contribution in [1.82, 2.24) is 5.32 Å². The molecule has 0 aromatic heterocycles. The quantitative estimate of drug-likeness (QED) is 0.152. The molecule has 0 aliphatic carbocycles. The maximum absolute atomic E-state index is 13.4. The van der Waals surface area contributed by atoms with Crippen LogP contribution in [0, 0.1) is 17.8 Å². The van der Waals surface area contributed by atoms with Crippen LogP contribution in [-0.2, 0) is 42.8 Å². The van der Waals surface area contributed by atoms with E-state index in [2.05, 4.69) is 5.32 Å². The van der Waals surface area contributed by atoms with Crippen molar-refractivity contribution in [1.29, 1.82) is 0 Å². The molecule has 83 heavy (non-hydrogen) atoms. The highest BCUT2D eigenvalue weighted by atomic mass is 16.7. The highest BCUT2D eigenvalue weighted by molar-refractivity contribution is 5.85. The second-order valence-electron chi connectivity index (χ2n) is 22.1. The summed E-state index contributed by atoms with van der Waals surface area (Å²) >= 11 is 0. The van der Waals surface area contributed by atoms with Crippen molar-refractivity contribution >= 4 is 17.7 Å². The number of aliphatic hydroxyl groups excluding tert-OH is 11. The number of cyclic esters (lactones) is 1. The van der Waals surface area contributed by atoms with Crippen LogP contribution in [0.4, 0.5) is 0 Å². The van der Waals surface area contributed by atoms with Gasteiger partial charge in [0.25, 0.3) is 0 Å². The number of ether oxygens (including phenoxy) is 6. The molecule has 23 atom stereocenters. The summed E-state index contributed by atoms with van der Waals surface area (Å²) in [6.45, 7) is 5.75. The van der Waals surface area contributed by atoms with Crippen LogP contribution in [0.15, 0.2) is 115 Å². The summed E-state index contributed by atoms with van der Waals surface area (Å²) in [5, 5.41) is 146. The van der Waals surface area contributed by atoms with E-state index in [4.69, 9.17) is 28.4 Å². The van der Waals surface area contributed by atoms with Crippen LogP contribution >= 0.6 is 0 Å². The molecule has 3 saturated heterocycles. The molecule has 2 bridgehead atoms. The standard InChI is InChI=1S/C60H87NO22/c1-34-20-16-13-11-9-7-5-6-8-10-12-14-19-23-42(81-59-55(74)51(53(72)37(4)80-59)61-32-46(68)54(73)56-47(69)33-78-58(82-56)38-21-17-15-18-22-38)29-48-50(57(75)76)45(67)31-60(77,83-48)30-41(64)27-44(66)43(65)25-24-39(62)26-40(63)28-49(70)79-36(3)35(2)52(34)71/h5-23,34-37,39-45,47-48,50-56,58-59,61-67,69,71-74,77H,24-33H2,1-4H3,(H,75,76)/b6-5+,9-7+,10-8+,13-11+,14-12+,20-16+,23-19+. The number of carbonyl (C=O) groups is 3. The Bertz CT molecular complexity index is 2360. The third-order valence-corrected chi connectivity index (χ3v) is 15.3. The van der Waals surface area contributed by atoms with Crippen molar-refractivity contribution in [2.24, 2.45) is 17.8 Å². The van der Waals surface area contributed by atoms with Gasteiger partial charge in [-0.25, -0.2) is 0 Å². The van der Waals surface area contributed by atoms with Gasteiger partial charge in [-0.15, -0.1) is 0 Å². The molecular formula is C60H87NO22. The third-order valence-electron chi connectivity index (χ3n) is 15.3. The molecule has 4 aliphatic heterocycles. The molecular weight excluding hydrogens is 1090 g/mol. The molecule has 23 unspecified atom stereocenters. The first kappa shape index (κ1) is 69.1. The number of esters is 1. The van der Waals surface area contributed by atoms with Gasteiger partial charge in [-0.05, 0) is 33.1 Å². The number of aliphatic carboxylic acids is 1. The van der Waals surface area contributed by atoms with Gasteiger partial charge in [-0.1, -0.05) is 129 Å². The monoisotopic (exact) mass is 1170 g/mol. The minimum absolute atomic E-state index is 0.145. The molecule has 23 heteroatoms. The minimum Gasteiger partial charge on any atom is -0.481 e. The molecule has 0 radical (unpaired) electrons. The molecule has 464 valence electrons. The zero-order valence-electron chi connectivity index (χ0n) is 47.2. The molecule has 23 nitrogen and oxygen atoms in total. The summed E-state index contributed by atoms with van der Waals surface area (Å²) in [5.41, 5.74) is 0.582. The minimum atomic E-state index is -2.42. The lowest BCUT2D eigenvalue weighted by Crippen LogP contribution is -2.64. The lowest BCUT2D eigenvalue weighted by Gasteiger charge is -2.45. The predicted molar refractivity (Wildman–Crippen MR) is 298 cm³/mol. The number of Topliss-reactive ketones (excluding diaryl/α,β-unsaturated/α-hetero) is 1. The van der Waals surface area contributed by atoms with Crippen molar-refractivity contribution in [3.8, 4) is 0 Å². The van der Waals surface area contributed by atoms with Gasteiger partial charge in [-0.2, -0.15) is 0 Å². The van der Waals surface area contributed by atoms with Crippen LogP contribution in [0.3, 0.4) is 0 Å². The second-order valence-corrected chi connectivity index (χ2v) is 22.1. The predicted octanol–water partition coefficient (Wildman–Crippen LogP) is 0.748. The SMILES string of the molecule is CC1/C=C/C=C/C=C/C=C/C=C/C=C/C=C/C(OC2OC(C)C(O)C(NCC(=O)C(O)C3OC(c4ccccc4)OCC3O)C2O)CC2OC(O)(CC(O)CC(O)C(O)CCC(O)CC(O)CC(=O)OC(C)C(C)C1O)CC(O)C2C(=O)O. The van der Waals surface area contributed by atoms with Crippen molar-refractivity contribution in [3.05, 3.63) is 121 Å². The van der Waals surface area contributed by atoms with E-state index in [0.717, 1.165) is 0 Å². The van der Waals surface area contributed by atoms with Gasteiger partial charge in [0.15, 0.2) is 24.2 Å². The van der Waals surface area contributed by atoms with Gasteiger partial charge in [0.2, 0.25) is 0 Å². The Kier molecular flexibility index (Phi) is 28.2. The number of hydrogen-bond acceptors (Lipinski definition) is 22. The Morgan fingerprint density at radius 3 is 1.92 bits per heavy atom. The smallest absolute Gasteiger partial charge is 0.311 e. The number of allylic oxidation sites excluding steroid dienone is 12. The summed E-state index contributed by atoms with van der Waals surface area (Å²) in [5.74, 6) is -8.04. The van der Waals surface area contributed by atoms with E-state index in [1.165, 1.54) is 19.1 Å². The fourth-order valence-electron chi connectivity index (χ4n) is 10.3. The summed E-state index contributed by atoms with van der Waals surface area (Å²) in [6.07, 6.45) is -4.73. The third kappa shape index (κ3) is 21.6. The Balaban J connectivity index is 1.35. The van der Waals surface area contributed by atoms with E-state index >= 15 is 0 Å². The van der Waals surface area contributed by atoms with Crippen molar-refractivity contribution < 1.29 is 109 Å². The van der Waals surface area contributed by atoms with E-state index in [0.29, 0.717) is 5.56 Å². The van der Waals surface area contributed by atoms with Crippen molar-refractivity contribution in [2.75, 3.05) is 13.2 Å². The van der Waals surface area contributed by atoms with Crippen LogP contribution in [0.25, 0.3) is 0 Å². The number of rotatable bonds is 9. The number of carboxylic acid groups (broad SMARTS) is 1. The van der Waals surface area contributed by atoms with Crippen LogP contribution < -0.4 is 5.32 Å². The number of ketones is 1. The summed E-state index contributed by atoms with van der Waals surface area (Å²) in [6, 6.07) is 7.32. The molecule has 1 aromatic carbocycles. The van der Waals surface area contributed by atoms with Gasteiger partial charge >= 0.3 is 11.9 Å². The molecule has 1 aromatic rings. The van der Waals surface area contributed by atoms with E-state index < -0.39 is 190 Å². The lowest BCUT2D eigenvalue weighted by molar-refractivity contribution is -0.309. The van der Waals surface area contributed by atoms with Gasteiger partial charge in [0, 0.05) is 43.1 Å². The molecule has 0 spiro atoms. The van der Waals surface area contributed by atoms with E-state index in [-0.39, 0.29) is 31.8 Å². The van der Waals surface area contributed by atoms with Gasteiger partial charge in [0.05, 0.1) is 92.8 Å². The summed E-state index contributed by atoms with van der Waals surface area (Å²) in [4.78, 5) is 38.9. The average molecular weight is 1170 g/mol. The van der Waals surface area contributed by atoms with Gasteiger partial charge < -0.3 is 100 Å². The largest absolute Gasteiger partial charge is 0.481 e. The molecule has 4 aliphatic rings. The molecule has 3 fully saturated rings. The molecule has 0 amide bonds. The maximum Gasteiger partial charge on any atom is 0.311 e.